The Bertz CT molecular complexity index is 267. The van der Waals surface area contributed by atoms with Gasteiger partial charge in [-0.05, 0) is 31.1 Å². The van der Waals surface area contributed by atoms with Crippen LogP contribution < -0.4 is 5.32 Å². The third-order valence-corrected chi connectivity index (χ3v) is 4.56. The SMILES string of the molecule is CCC1(CNC2=NCCCN2C)CCCCC1. The van der Waals surface area contributed by atoms with Crippen molar-refractivity contribution in [2.45, 2.75) is 51.9 Å². The molecule has 1 aliphatic carbocycles. The first-order valence-electron chi connectivity index (χ1n) is 7.25. The lowest BCUT2D eigenvalue weighted by Crippen LogP contribution is -2.46. The van der Waals surface area contributed by atoms with Gasteiger partial charge >= 0.3 is 0 Å². The fourth-order valence-corrected chi connectivity index (χ4v) is 3.13. The molecule has 3 nitrogen and oxygen atoms in total. The standard InChI is InChI=1S/C14H27N3/c1-3-14(8-5-4-6-9-14)12-16-13-15-10-7-11-17(13)2/h3-12H2,1-2H3,(H,15,16). The molecule has 0 amide bonds. The van der Waals surface area contributed by atoms with Crippen molar-refractivity contribution in [1.29, 1.82) is 0 Å². The molecule has 0 aromatic rings. The van der Waals surface area contributed by atoms with Crippen molar-refractivity contribution >= 4 is 5.96 Å². The van der Waals surface area contributed by atoms with Crippen molar-refractivity contribution in [2.75, 3.05) is 26.7 Å². The first-order chi connectivity index (χ1) is 8.26. The van der Waals surface area contributed by atoms with Crippen molar-refractivity contribution in [3.05, 3.63) is 0 Å². The molecule has 0 spiro atoms. The van der Waals surface area contributed by atoms with E-state index in [1.807, 2.05) is 0 Å². The second-order valence-corrected chi connectivity index (χ2v) is 5.75. The number of guanidine groups is 1. The molecule has 1 aliphatic heterocycles. The smallest absolute Gasteiger partial charge is 0.193 e. The molecule has 98 valence electrons. The van der Waals surface area contributed by atoms with Crippen molar-refractivity contribution in [1.82, 2.24) is 10.2 Å². The second kappa shape index (κ2) is 5.74. The first-order valence-corrected chi connectivity index (χ1v) is 7.25. The average Bonchev–Trinajstić information content (AvgIpc) is 2.39. The highest BCUT2D eigenvalue weighted by atomic mass is 15.3. The largest absolute Gasteiger partial charge is 0.356 e. The Hall–Kier alpha value is -0.730. The summed E-state index contributed by atoms with van der Waals surface area (Å²) in [6, 6.07) is 0. The van der Waals surface area contributed by atoms with E-state index in [1.54, 1.807) is 0 Å². The molecule has 0 aromatic carbocycles. The minimum absolute atomic E-state index is 0.541. The molecule has 1 N–H and O–H groups in total. The van der Waals surface area contributed by atoms with Crippen molar-refractivity contribution in [3.63, 3.8) is 0 Å². The molecule has 0 atom stereocenters. The van der Waals surface area contributed by atoms with Crippen LogP contribution in [0.4, 0.5) is 0 Å². The van der Waals surface area contributed by atoms with Gasteiger partial charge in [-0.3, -0.25) is 4.99 Å². The quantitative estimate of drug-likeness (QED) is 0.817. The number of aliphatic imine (C=N–C) groups is 1. The summed E-state index contributed by atoms with van der Waals surface area (Å²) in [6.45, 7) is 5.60. The van der Waals surface area contributed by atoms with Crippen LogP contribution in [0.2, 0.25) is 0 Å². The number of hydrogen-bond donors (Lipinski definition) is 1. The zero-order valence-corrected chi connectivity index (χ0v) is 11.5. The zero-order valence-electron chi connectivity index (χ0n) is 11.5. The van der Waals surface area contributed by atoms with Crippen LogP contribution in [0.1, 0.15) is 51.9 Å². The summed E-state index contributed by atoms with van der Waals surface area (Å²) in [5.74, 6) is 1.12. The summed E-state index contributed by atoms with van der Waals surface area (Å²) < 4.78 is 0. The highest BCUT2D eigenvalue weighted by Gasteiger charge is 2.30. The fraction of sp³-hybridized carbons (Fsp3) is 0.929. The lowest BCUT2D eigenvalue weighted by Gasteiger charge is -2.38. The van der Waals surface area contributed by atoms with E-state index in [0.717, 1.165) is 25.6 Å². The maximum atomic E-state index is 4.59. The summed E-state index contributed by atoms with van der Waals surface area (Å²) >= 11 is 0. The van der Waals surface area contributed by atoms with Gasteiger partial charge in [-0.25, -0.2) is 0 Å². The van der Waals surface area contributed by atoms with E-state index >= 15 is 0 Å². The van der Waals surface area contributed by atoms with Gasteiger partial charge in [0, 0.05) is 26.7 Å². The minimum atomic E-state index is 0.541. The van der Waals surface area contributed by atoms with Crippen molar-refractivity contribution in [3.8, 4) is 0 Å². The molecule has 0 radical (unpaired) electrons. The van der Waals surface area contributed by atoms with Crippen LogP contribution in [0.5, 0.6) is 0 Å². The number of nitrogens with one attached hydrogen (secondary N) is 1. The Kier molecular flexibility index (Phi) is 4.30. The summed E-state index contributed by atoms with van der Waals surface area (Å²) in [4.78, 5) is 6.85. The minimum Gasteiger partial charge on any atom is -0.356 e. The van der Waals surface area contributed by atoms with Gasteiger partial charge in [0.15, 0.2) is 5.96 Å². The fourth-order valence-electron chi connectivity index (χ4n) is 3.13. The topological polar surface area (TPSA) is 27.6 Å². The maximum absolute atomic E-state index is 4.59. The maximum Gasteiger partial charge on any atom is 0.193 e. The molecule has 3 heteroatoms. The van der Waals surface area contributed by atoms with Gasteiger partial charge in [0.1, 0.15) is 0 Å². The summed E-state index contributed by atoms with van der Waals surface area (Å²) in [5, 5.41) is 3.61. The van der Waals surface area contributed by atoms with Crippen LogP contribution in [0, 0.1) is 5.41 Å². The molecule has 0 saturated heterocycles. The van der Waals surface area contributed by atoms with Gasteiger partial charge in [-0.1, -0.05) is 26.2 Å². The van der Waals surface area contributed by atoms with Gasteiger partial charge < -0.3 is 10.2 Å². The third kappa shape index (κ3) is 3.14. The van der Waals surface area contributed by atoms with E-state index in [1.165, 1.54) is 44.9 Å². The molecule has 0 aromatic heterocycles. The predicted molar refractivity (Wildman–Crippen MR) is 73.4 cm³/mol. The van der Waals surface area contributed by atoms with Crippen LogP contribution in [-0.4, -0.2) is 37.5 Å². The zero-order chi connectivity index (χ0) is 12.1. The summed E-state index contributed by atoms with van der Waals surface area (Å²) in [5.41, 5.74) is 0.541. The molecule has 1 heterocycles. The Labute approximate surface area is 106 Å². The molecule has 2 aliphatic rings. The van der Waals surface area contributed by atoms with Crippen LogP contribution >= 0.6 is 0 Å². The van der Waals surface area contributed by atoms with Gasteiger partial charge in [0.25, 0.3) is 0 Å². The molecule has 0 unspecified atom stereocenters. The van der Waals surface area contributed by atoms with Crippen molar-refractivity contribution < 1.29 is 0 Å². The number of rotatable bonds is 3. The van der Waals surface area contributed by atoms with E-state index < -0.39 is 0 Å². The number of hydrogen-bond acceptors (Lipinski definition) is 3. The van der Waals surface area contributed by atoms with Crippen LogP contribution in [0.25, 0.3) is 0 Å². The van der Waals surface area contributed by atoms with Crippen LogP contribution in [0.3, 0.4) is 0 Å². The summed E-state index contributed by atoms with van der Waals surface area (Å²) in [6.07, 6.45) is 9.55. The highest BCUT2D eigenvalue weighted by Crippen LogP contribution is 2.38. The van der Waals surface area contributed by atoms with Gasteiger partial charge in [0.05, 0.1) is 0 Å². The van der Waals surface area contributed by atoms with Crippen LogP contribution in [0.15, 0.2) is 4.99 Å². The van der Waals surface area contributed by atoms with Crippen molar-refractivity contribution in [2.24, 2.45) is 10.4 Å². The van der Waals surface area contributed by atoms with E-state index in [9.17, 15) is 0 Å². The predicted octanol–water partition coefficient (Wildman–Crippen LogP) is 2.63. The third-order valence-electron chi connectivity index (χ3n) is 4.56. The Balaban J connectivity index is 1.88. The molecule has 17 heavy (non-hydrogen) atoms. The Morgan fingerprint density at radius 3 is 2.65 bits per heavy atom. The van der Waals surface area contributed by atoms with Gasteiger partial charge in [-0.15, -0.1) is 0 Å². The average molecular weight is 237 g/mol. The van der Waals surface area contributed by atoms with E-state index in [2.05, 4.69) is 29.2 Å². The lowest BCUT2D eigenvalue weighted by atomic mass is 9.72. The van der Waals surface area contributed by atoms with E-state index in [4.69, 9.17) is 0 Å². The Morgan fingerprint density at radius 2 is 2.00 bits per heavy atom. The molecule has 1 fully saturated rings. The van der Waals surface area contributed by atoms with Gasteiger partial charge in [0.2, 0.25) is 0 Å². The molecular formula is C14H27N3. The summed E-state index contributed by atoms with van der Waals surface area (Å²) in [7, 11) is 2.14. The monoisotopic (exact) mass is 237 g/mol. The van der Waals surface area contributed by atoms with E-state index in [-0.39, 0.29) is 0 Å². The highest BCUT2D eigenvalue weighted by molar-refractivity contribution is 5.80. The molecule has 0 bridgehead atoms. The van der Waals surface area contributed by atoms with Crippen LogP contribution in [-0.2, 0) is 0 Å². The molecule has 2 rings (SSSR count). The van der Waals surface area contributed by atoms with E-state index in [0.29, 0.717) is 5.41 Å². The first kappa shape index (κ1) is 12.7. The molecular weight excluding hydrogens is 210 g/mol. The number of nitrogens with zero attached hydrogens (tertiary/aromatic N) is 2. The second-order valence-electron chi connectivity index (χ2n) is 5.75. The Morgan fingerprint density at radius 1 is 1.24 bits per heavy atom. The normalized spacial score (nSPS) is 24.4. The molecule has 1 saturated carbocycles. The lowest BCUT2D eigenvalue weighted by molar-refractivity contribution is 0.181. The van der Waals surface area contributed by atoms with Gasteiger partial charge in [-0.2, -0.15) is 0 Å².